The van der Waals surface area contributed by atoms with Crippen LogP contribution < -0.4 is 9.44 Å². The molecule has 0 radical (unpaired) electrons. The molecule has 11 heteroatoms. The number of sulfonamides is 2. The number of hydrogen-bond donors (Lipinski definition) is 2. The second kappa shape index (κ2) is 8.47. The van der Waals surface area contributed by atoms with E-state index in [4.69, 9.17) is 0 Å². The van der Waals surface area contributed by atoms with Gasteiger partial charge in [-0.2, -0.15) is 0 Å². The molecular formula is C18H21N3O6S2. The van der Waals surface area contributed by atoms with E-state index in [-0.39, 0.29) is 27.2 Å². The fraction of sp³-hybridized carbons (Fsp3) is 0.333. The highest BCUT2D eigenvalue weighted by molar-refractivity contribution is 7.92. The number of rotatable bonds is 7. The van der Waals surface area contributed by atoms with E-state index in [9.17, 15) is 26.9 Å². The maximum Gasteiger partial charge on any atom is 0.269 e. The molecule has 2 N–H and O–H groups in total. The van der Waals surface area contributed by atoms with Crippen LogP contribution in [0.15, 0.2) is 58.3 Å². The van der Waals surface area contributed by atoms with Crippen LogP contribution in [0.5, 0.6) is 0 Å². The summed E-state index contributed by atoms with van der Waals surface area (Å²) in [4.78, 5) is 9.97. The van der Waals surface area contributed by atoms with Crippen LogP contribution in [0.25, 0.3) is 0 Å². The molecule has 1 saturated carbocycles. The molecule has 1 aliphatic rings. The monoisotopic (exact) mass is 439 g/mol. The van der Waals surface area contributed by atoms with Crippen LogP contribution >= 0.6 is 0 Å². The summed E-state index contributed by atoms with van der Waals surface area (Å²) in [7, 11) is -7.64. The molecule has 2 aromatic rings. The standard InChI is InChI=1S/C18H21N3O6S2/c22-21(23)16-8-12-18(13-9-16)29(26,27)20-15-6-10-17(11-7-15)28(24,25)19-14-4-2-1-3-5-14/h6-14,19-20H,1-5H2. The van der Waals surface area contributed by atoms with Gasteiger partial charge < -0.3 is 0 Å². The summed E-state index contributed by atoms with van der Waals surface area (Å²) < 4.78 is 54.9. The van der Waals surface area contributed by atoms with Crippen LogP contribution in [0.4, 0.5) is 11.4 Å². The van der Waals surface area contributed by atoms with E-state index in [0.29, 0.717) is 0 Å². The lowest BCUT2D eigenvalue weighted by Gasteiger charge is -2.22. The third-order valence-electron chi connectivity index (χ3n) is 4.70. The van der Waals surface area contributed by atoms with Gasteiger partial charge in [0, 0.05) is 23.9 Å². The minimum atomic E-state index is -3.96. The molecule has 9 nitrogen and oxygen atoms in total. The van der Waals surface area contributed by atoms with E-state index in [2.05, 4.69) is 9.44 Å². The molecule has 0 unspecified atom stereocenters. The zero-order valence-electron chi connectivity index (χ0n) is 15.4. The normalized spacial score (nSPS) is 15.7. The average Bonchev–Trinajstić information content (AvgIpc) is 2.68. The molecule has 3 rings (SSSR count). The maximum atomic E-state index is 12.5. The van der Waals surface area contributed by atoms with E-state index in [1.54, 1.807) is 0 Å². The fourth-order valence-electron chi connectivity index (χ4n) is 3.17. The minimum Gasteiger partial charge on any atom is -0.280 e. The Balaban J connectivity index is 1.71. The highest BCUT2D eigenvalue weighted by Crippen LogP contribution is 2.22. The molecule has 1 aliphatic carbocycles. The summed E-state index contributed by atoms with van der Waals surface area (Å²) in [6.07, 6.45) is 4.73. The first-order valence-electron chi connectivity index (χ1n) is 9.07. The number of benzene rings is 2. The van der Waals surface area contributed by atoms with Crippen molar-refractivity contribution in [1.82, 2.24) is 4.72 Å². The van der Waals surface area contributed by atoms with E-state index in [0.717, 1.165) is 56.4 Å². The molecule has 2 aromatic carbocycles. The van der Waals surface area contributed by atoms with Crippen LogP contribution in [0.2, 0.25) is 0 Å². The number of nitro benzene ring substituents is 1. The first-order chi connectivity index (χ1) is 13.7. The predicted octanol–water partition coefficient (Wildman–Crippen LogP) is 3.01. The Kier molecular flexibility index (Phi) is 6.20. The van der Waals surface area contributed by atoms with Gasteiger partial charge in [0.2, 0.25) is 10.0 Å². The Morgan fingerprint density at radius 3 is 1.86 bits per heavy atom. The van der Waals surface area contributed by atoms with Gasteiger partial charge in [0.15, 0.2) is 0 Å². The molecule has 0 atom stereocenters. The van der Waals surface area contributed by atoms with Crippen LogP contribution in [0.1, 0.15) is 32.1 Å². The van der Waals surface area contributed by atoms with Crippen molar-refractivity contribution in [2.45, 2.75) is 47.9 Å². The number of anilines is 1. The molecule has 0 spiro atoms. The number of nitrogens with zero attached hydrogens (tertiary/aromatic N) is 1. The Hall–Kier alpha value is -2.50. The summed E-state index contributed by atoms with van der Waals surface area (Å²) in [5.74, 6) is 0. The van der Waals surface area contributed by atoms with Gasteiger partial charge in [-0.1, -0.05) is 19.3 Å². The van der Waals surface area contributed by atoms with Crippen LogP contribution in [-0.2, 0) is 20.0 Å². The third kappa shape index (κ3) is 5.31. The van der Waals surface area contributed by atoms with Crippen molar-refractivity contribution in [3.8, 4) is 0 Å². The van der Waals surface area contributed by atoms with Crippen molar-refractivity contribution in [2.75, 3.05) is 4.72 Å². The zero-order valence-corrected chi connectivity index (χ0v) is 17.1. The quantitative estimate of drug-likeness (QED) is 0.503. The summed E-state index contributed by atoms with van der Waals surface area (Å²) in [5, 5.41) is 10.7. The highest BCUT2D eigenvalue weighted by atomic mass is 32.2. The van der Waals surface area contributed by atoms with Crippen molar-refractivity contribution in [1.29, 1.82) is 0 Å². The Labute approximate surface area is 169 Å². The highest BCUT2D eigenvalue weighted by Gasteiger charge is 2.22. The minimum absolute atomic E-state index is 0.0568. The lowest BCUT2D eigenvalue weighted by Crippen LogP contribution is -2.36. The van der Waals surface area contributed by atoms with Crippen LogP contribution in [-0.4, -0.2) is 27.8 Å². The van der Waals surface area contributed by atoms with E-state index >= 15 is 0 Å². The molecule has 1 fully saturated rings. The second-order valence-corrected chi connectivity index (χ2v) is 10.2. The Morgan fingerprint density at radius 2 is 1.31 bits per heavy atom. The molecule has 0 amide bonds. The molecule has 29 heavy (non-hydrogen) atoms. The number of nitro groups is 1. The maximum absolute atomic E-state index is 12.5. The smallest absolute Gasteiger partial charge is 0.269 e. The second-order valence-electron chi connectivity index (χ2n) is 6.84. The van der Waals surface area contributed by atoms with Crippen LogP contribution in [0.3, 0.4) is 0 Å². The number of nitrogens with one attached hydrogen (secondary N) is 2. The van der Waals surface area contributed by atoms with Gasteiger partial charge in [-0.25, -0.2) is 21.6 Å². The van der Waals surface area contributed by atoms with E-state index < -0.39 is 25.0 Å². The SMILES string of the molecule is O=[N+]([O-])c1ccc(S(=O)(=O)Nc2ccc(S(=O)(=O)NC3CCCCC3)cc2)cc1. The first-order valence-corrected chi connectivity index (χ1v) is 12.0. The molecule has 156 valence electrons. The molecule has 0 heterocycles. The molecule has 0 saturated heterocycles. The summed E-state index contributed by atoms with van der Waals surface area (Å²) in [5.41, 5.74) is -0.0380. The Morgan fingerprint density at radius 1 is 0.793 bits per heavy atom. The average molecular weight is 440 g/mol. The zero-order chi connectivity index (χ0) is 21.1. The van der Waals surface area contributed by atoms with Crippen molar-refractivity contribution in [3.05, 3.63) is 58.6 Å². The van der Waals surface area contributed by atoms with Gasteiger partial charge in [0.05, 0.1) is 14.7 Å². The third-order valence-corrected chi connectivity index (χ3v) is 7.64. The predicted molar refractivity (Wildman–Crippen MR) is 108 cm³/mol. The van der Waals surface area contributed by atoms with Crippen LogP contribution in [0, 0.1) is 10.1 Å². The van der Waals surface area contributed by atoms with Gasteiger partial charge in [0.1, 0.15) is 0 Å². The molecular weight excluding hydrogens is 418 g/mol. The van der Waals surface area contributed by atoms with Crippen molar-refractivity contribution in [2.24, 2.45) is 0 Å². The molecule has 0 aromatic heterocycles. The van der Waals surface area contributed by atoms with Gasteiger partial charge >= 0.3 is 0 Å². The van der Waals surface area contributed by atoms with Crippen molar-refractivity contribution < 1.29 is 21.8 Å². The topological polar surface area (TPSA) is 135 Å². The summed E-state index contributed by atoms with van der Waals surface area (Å²) >= 11 is 0. The van der Waals surface area contributed by atoms with Gasteiger partial charge in [-0.3, -0.25) is 14.8 Å². The Bertz CT molecular complexity index is 1080. The van der Waals surface area contributed by atoms with E-state index in [1.165, 1.54) is 24.3 Å². The van der Waals surface area contributed by atoms with Crippen molar-refractivity contribution in [3.63, 3.8) is 0 Å². The molecule has 0 aliphatic heterocycles. The van der Waals surface area contributed by atoms with Gasteiger partial charge in [-0.05, 0) is 49.2 Å². The van der Waals surface area contributed by atoms with E-state index in [1.807, 2.05) is 0 Å². The molecule has 0 bridgehead atoms. The summed E-state index contributed by atoms with van der Waals surface area (Å²) in [6.45, 7) is 0. The fourth-order valence-corrected chi connectivity index (χ4v) is 5.53. The van der Waals surface area contributed by atoms with Gasteiger partial charge in [-0.15, -0.1) is 0 Å². The summed E-state index contributed by atoms with van der Waals surface area (Å²) in [6, 6.07) is 9.77. The largest absolute Gasteiger partial charge is 0.280 e. The van der Waals surface area contributed by atoms with Crippen molar-refractivity contribution >= 4 is 31.4 Å². The van der Waals surface area contributed by atoms with Gasteiger partial charge in [0.25, 0.3) is 15.7 Å². The number of hydrogen-bond acceptors (Lipinski definition) is 6. The first kappa shape index (κ1) is 21.2. The lowest BCUT2D eigenvalue weighted by atomic mass is 9.96. The number of non-ortho nitro benzene ring substituents is 1. The lowest BCUT2D eigenvalue weighted by molar-refractivity contribution is -0.384.